The van der Waals surface area contributed by atoms with Crippen LogP contribution in [0.4, 0.5) is 0 Å². The van der Waals surface area contributed by atoms with Crippen LogP contribution < -0.4 is 0 Å². The fraction of sp³-hybridized carbons (Fsp3) is 0.263. The van der Waals surface area contributed by atoms with Gasteiger partial charge in [-0.2, -0.15) is 0 Å². The maximum absolute atomic E-state index is 12.9. The molecule has 0 bridgehead atoms. The zero-order chi connectivity index (χ0) is 14.7. The van der Waals surface area contributed by atoms with Gasteiger partial charge in [-0.3, -0.25) is 9.59 Å². The van der Waals surface area contributed by atoms with E-state index in [2.05, 4.69) is 0 Å². The van der Waals surface area contributed by atoms with Crippen LogP contribution in [0.15, 0.2) is 60.7 Å². The molecule has 1 saturated carbocycles. The number of hydrogen-bond acceptors (Lipinski definition) is 2. The maximum Gasteiger partial charge on any atom is 0.171 e. The van der Waals surface area contributed by atoms with Gasteiger partial charge in [0.15, 0.2) is 5.78 Å². The molecule has 1 aliphatic rings. The molecule has 2 nitrogen and oxygen atoms in total. The second kappa shape index (κ2) is 6.04. The second-order valence-corrected chi connectivity index (χ2v) is 5.58. The van der Waals surface area contributed by atoms with Crippen LogP contribution in [0.1, 0.15) is 41.1 Å². The molecule has 2 unspecified atom stereocenters. The van der Waals surface area contributed by atoms with Crippen molar-refractivity contribution in [3.05, 3.63) is 71.8 Å². The van der Waals surface area contributed by atoms with E-state index in [1.165, 1.54) is 0 Å². The fourth-order valence-corrected chi connectivity index (χ4v) is 3.20. The van der Waals surface area contributed by atoms with E-state index in [9.17, 15) is 9.59 Å². The van der Waals surface area contributed by atoms with E-state index in [1.807, 2.05) is 60.7 Å². The van der Waals surface area contributed by atoms with Crippen LogP contribution in [0.3, 0.4) is 0 Å². The highest BCUT2D eigenvalue weighted by atomic mass is 16.1. The molecule has 0 saturated heterocycles. The van der Waals surface area contributed by atoms with Gasteiger partial charge < -0.3 is 0 Å². The molecule has 0 amide bonds. The lowest BCUT2D eigenvalue weighted by molar-refractivity contribution is -0.121. The van der Waals surface area contributed by atoms with Gasteiger partial charge in [-0.25, -0.2) is 0 Å². The highest BCUT2D eigenvalue weighted by Gasteiger charge is 2.37. The molecule has 106 valence electrons. The molecule has 2 atom stereocenters. The largest absolute Gasteiger partial charge is 0.299 e. The van der Waals surface area contributed by atoms with Crippen LogP contribution in [-0.2, 0) is 4.79 Å². The van der Waals surface area contributed by atoms with Crippen LogP contribution in [-0.4, -0.2) is 11.6 Å². The number of hydrogen-bond donors (Lipinski definition) is 0. The van der Waals surface area contributed by atoms with Crippen LogP contribution >= 0.6 is 0 Å². The van der Waals surface area contributed by atoms with Crippen molar-refractivity contribution in [2.24, 2.45) is 5.92 Å². The molecule has 0 aliphatic heterocycles. The Morgan fingerprint density at radius 2 is 1.57 bits per heavy atom. The van der Waals surface area contributed by atoms with Crippen LogP contribution in [0.5, 0.6) is 0 Å². The van der Waals surface area contributed by atoms with Crippen molar-refractivity contribution < 1.29 is 9.59 Å². The molecule has 2 aromatic rings. The molecule has 0 heterocycles. The third kappa shape index (κ3) is 2.80. The zero-order valence-electron chi connectivity index (χ0n) is 11.9. The van der Waals surface area contributed by atoms with Crippen molar-refractivity contribution in [2.45, 2.75) is 25.2 Å². The number of rotatable bonds is 4. The smallest absolute Gasteiger partial charge is 0.171 e. The Morgan fingerprint density at radius 1 is 0.952 bits per heavy atom. The number of carbonyl (C=O) groups excluding carboxylic acids is 2. The van der Waals surface area contributed by atoms with E-state index in [-0.39, 0.29) is 23.4 Å². The van der Waals surface area contributed by atoms with Crippen molar-refractivity contribution >= 4 is 11.6 Å². The average molecular weight is 278 g/mol. The van der Waals surface area contributed by atoms with Crippen molar-refractivity contribution in [1.29, 1.82) is 0 Å². The lowest BCUT2D eigenvalue weighted by atomic mass is 9.79. The van der Waals surface area contributed by atoms with Crippen molar-refractivity contribution in [2.75, 3.05) is 0 Å². The third-order valence-electron chi connectivity index (χ3n) is 4.25. The predicted octanol–water partition coefficient (Wildman–Crippen LogP) is 4.02. The van der Waals surface area contributed by atoms with Gasteiger partial charge >= 0.3 is 0 Å². The summed E-state index contributed by atoms with van der Waals surface area (Å²) in [7, 11) is 0. The third-order valence-corrected chi connectivity index (χ3v) is 4.25. The summed E-state index contributed by atoms with van der Waals surface area (Å²) in [5.74, 6) is -0.223. The highest BCUT2D eigenvalue weighted by Crippen LogP contribution is 2.37. The van der Waals surface area contributed by atoms with E-state index in [0.717, 1.165) is 18.4 Å². The van der Waals surface area contributed by atoms with Gasteiger partial charge in [0, 0.05) is 17.9 Å². The van der Waals surface area contributed by atoms with E-state index in [1.54, 1.807) is 0 Å². The number of carbonyl (C=O) groups is 2. The van der Waals surface area contributed by atoms with Gasteiger partial charge in [0.1, 0.15) is 5.78 Å². The summed E-state index contributed by atoms with van der Waals surface area (Å²) in [6, 6.07) is 19.0. The summed E-state index contributed by atoms with van der Waals surface area (Å²) < 4.78 is 0. The Balaban J connectivity index is 2.00. The molecular weight excluding hydrogens is 260 g/mol. The van der Waals surface area contributed by atoms with E-state index >= 15 is 0 Å². The molecule has 0 radical (unpaired) electrons. The Labute approximate surface area is 124 Å². The molecule has 0 spiro atoms. The molecule has 1 aliphatic carbocycles. The van der Waals surface area contributed by atoms with Crippen LogP contribution in [0, 0.1) is 5.92 Å². The molecule has 3 rings (SSSR count). The second-order valence-electron chi connectivity index (χ2n) is 5.58. The molecule has 1 fully saturated rings. The first kappa shape index (κ1) is 13.7. The van der Waals surface area contributed by atoms with Crippen molar-refractivity contribution in [3.8, 4) is 0 Å². The standard InChI is InChI=1S/C19H18O2/c20-17-13-7-12-16(17)18(14-8-3-1-4-9-14)19(21)15-10-5-2-6-11-15/h1-6,8-11,16,18H,7,12-13H2. The maximum atomic E-state index is 12.9. The van der Waals surface area contributed by atoms with Gasteiger partial charge in [-0.05, 0) is 18.4 Å². The van der Waals surface area contributed by atoms with Crippen LogP contribution in [0.25, 0.3) is 0 Å². The van der Waals surface area contributed by atoms with E-state index in [4.69, 9.17) is 0 Å². The van der Waals surface area contributed by atoms with E-state index < -0.39 is 0 Å². The van der Waals surface area contributed by atoms with Gasteiger partial charge in [0.25, 0.3) is 0 Å². The van der Waals surface area contributed by atoms with Crippen molar-refractivity contribution in [3.63, 3.8) is 0 Å². The normalized spacial score (nSPS) is 19.4. The summed E-state index contributed by atoms with van der Waals surface area (Å²) in [5.41, 5.74) is 1.64. The molecule has 0 N–H and O–H groups in total. The SMILES string of the molecule is O=C1CCCC1C(C(=O)c1ccccc1)c1ccccc1. The minimum Gasteiger partial charge on any atom is -0.299 e. The highest BCUT2D eigenvalue weighted by molar-refractivity contribution is 6.04. The minimum absolute atomic E-state index is 0.0575. The average Bonchev–Trinajstić information content (AvgIpc) is 2.95. The topological polar surface area (TPSA) is 34.1 Å². The first-order valence-corrected chi connectivity index (χ1v) is 7.44. The first-order valence-electron chi connectivity index (χ1n) is 7.44. The number of benzene rings is 2. The van der Waals surface area contributed by atoms with E-state index in [0.29, 0.717) is 12.0 Å². The zero-order valence-corrected chi connectivity index (χ0v) is 11.9. The molecular formula is C19H18O2. The lowest BCUT2D eigenvalue weighted by Crippen LogP contribution is -2.25. The first-order chi connectivity index (χ1) is 10.3. The number of Topliss-reactive ketones (excluding diaryl/α,β-unsaturated/α-hetero) is 2. The fourth-order valence-electron chi connectivity index (χ4n) is 3.20. The summed E-state index contributed by atoms with van der Waals surface area (Å²) in [6.45, 7) is 0. The number of ketones is 2. The summed E-state index contributed by atoms with van der Waals surface area (Å²) >= 11 is 0. The Bertz CT molecular complexity index is 631. The summed E-state index contributed by atoms with van der Waals surface area (Å²) in [6.07, 6.45) is 2.32. The van der Waals surface area contributed by atoms with Crippen molar-refractivity contribution in [1.82, 2.24) is 0 Å². The lowest BCUT2D eigenvalue weighted by Gasteiger charge is -2.22. The molecule has 2 heteroatoms. The van der Waals surface area contributed by atoms with Gasteiger partial charge in [0.05, 0.1) is 5.92 Å². The van der Waals surface area contributed by atoms with Gasteiger partial charge in [0.2, 0.25) is 0 Å². The van der Waals surface area contributed by atoms with Gasteiger partial charge in [-0.15, -0.1) is 0 Å². The Kier molecular flexibility index (Phi) is 3.96. The molecule has 0 aromatic heterocycles. The predicted molar refractivity (Wildman–Crippen MR) is 82.3 cm³/mol. The minimum atomic E-state index is -0.344. The summed E-state index contributed by atoms with van der Waals surface area (Å²) in [5, 5.41) is 0. The molecule has 21 heavy (non-hydrogen) atoms. The monoisotopic (exact) mass is 278 g/mol. The Morgan fingerprint density at radius 3 is 2.14 bits per heavy atom. The van der Waals surface area contributed by atoms with Gasteiger partial charge in [-0.1, -0.05) is 60.7 Å². The summed E-state index contributed by atoms with van der Waals surface area (Å²) in [4.78, 5) is 25.1. The Hall–Kier alpha value is -2.22. The molecule has 2 aromatic carbocycles. The van der Waals surface area contributed by atoms with Crippen LogP contribution in [0.2, 0.25) is 0 Å². The quantitative estimate of drug-likeness (QED) is 0.791.